The molecule has 0 spiro atoms. The Morgan fingerprint density at radius 2 is 1.53 bits per heavy atom. The number of benzene rings is 2. The minimum absolute atomic E-state index is 0.122. The van der Waals surface area contributed by atoms with E-state index < -0.39 is 33.5 Å². The summed E-state index contributed by atoms with van der Waals surface area (Å²) >= 11 is -4.13. The summed E-state index contributed by atoms with van der Waals surface area (Å²) in [6, 6.07) is 11.9. The number of allylic oxidation sites excluding steroid dienone is 8. The van der Waals surface area contributed by atoms with Gasteiger partial charge in [-0.1, -0.05) is 78.5 Å². The van der Waals surface area contributed by atoms with Crippen LogP contribution in [0.15, 0.2) is 84.6 Å². The molecule has 2 aromatic rings. The molecule has 0 saturated carbocycles. The monoisotopic (exact) mass is 737 g/mol. The van der Waals surface area contributed by atoms with Crippen molar-refractivity contribution in [2.45, 2.75) is 70.8 Å². The molecule has 2 unspecified atom stereocenters. The third-order valence-corrected chi connectivity index (χ3v) is 10.7. The Morgan fingerprint density at radius 1 is 0.843 bits per heavy atom. The number of esters is 1. The molecule has 0 N–H and O–H groups in total. The summed E-state index contributed by atoms with van der Waals surface area (Å²) in [7, 11) is 2.86. The van der Waals surface area contributed by atoms with Gasteiger partial charge < -0.3 is 18.7 Å². The number of rotatable bonds is 18. The summed E-state index contributed by atoms with van der Waals surface area (Å²) in [5.41, 5.74) is 7.24. The maximum Gasteiger partial charge on any atom is 0.337 e. The molecular formula is C39H49N2O8S2-. The number of unbranched alkanes of at least 4 members (excludes halogenated alkanes) is 2. The lowest BCUT2D eigenvalue weighted by Crippen LogP contribution is -2.28. The zero-order valence-corrected chi connectivity index (χ0v) is 32.0. The van der Waals surface area contributed by atoms with Crippen molar-refractivity contribution in [1.29, 1.82) is 0 Å². The fourth-order valence-corrected chi connectivity index (χ4v) is 7.69. The van der Waals surface area contributed by atoms with E-state index in [0.29, 0.717) is 44.5 Å². The van der Waals surface area contributed by atoms with Crippen LogP contribution in [0.25, 0.3) is 0 Å². The molecular weight excluding hydrogens is 689 g/mol. The Balaban J connectivity index is 1.56. The number of carbonyl (C=O) groups is 1. The predicted octanol–water partition coefficient (Wildman–Crippen LogP) is 6.60. The molecule has 10 nitrogen and oxygen atoms in total. The van der Waals surface area contributed by atoms with Crippen LogP contribution >= 0.6 is 0 Å². The van der Waals surface area contributed by atoms with Gasteiger partial charge in [-0.3, -0.25) is 8.42 Å². The highest BCUT2D eigenvalue weighted by Crippen LogP contribution is 2.48. The largest absolute Gasteiger partial charge is 0.772 e. The van der Waals surface area contributed by atoms with Crippen molar-refractivity contribution in [2.75, 3.05) is 43.7 Å². The molecule has 0 amide bonds. The Morgan fingerprint density at radius 3 is 2.22 bits per heavy atom. The third-order valence-electron chi connectivity index (χ3n) is 9.45. The topological polar surface area (TPSA) is 131 Å². The van der Waals surface area contributed by atoms with E-state index in [9.17, 15) is 22.3 Å². The van der Waals surface area contributed by atoms with E-state index in [1.165, 1.54) is 19.8 Å². The van der Waals surface area contributed by atoms with Gasteiger partial charge in [0, 0.05) is 59.0 Å². The summed E-state index contributed by atoms with van der Waals surface area (Å²) in [5, 5.41) is 0. The molecule has 2 atom stereocenters. The maximum atomic E-state index is 12.3. The van der Waals surface area contributed by atoms with Crippen molar-refractivity contribution < 1.29 is 41.4 Å². The lowest BCUT2D eigenvalue weighted by atomic mass is 9.81. The van der Waals surface area contributed by atoms with E-state index in [4.69, 9.17) is 14.5 Å². The summed E-state index contributed by atoms with van der Waals surface area (Å²) in [6.45, 7) is 10.3. The van der Waals surface area contributed by atoms with Crippen molar-refractivity contribution in [1.82, 2.24) is 0 Å². The standard InChI is InChI=1S/C39H50N2O8S2/c1-38(2)31-26-29(28-49-48-6)18-20-33(31)40(22-12-14-24-50(43)44)35(38)16-10-8-7-9-11-17-36-39(3,4)32-27-30(37(42)47-5)19-21-34(32)41(36)23-13-15-25-51(45)46/h7-11,16-21,26-27H,12-15,22-25,28H2,1-6H3,(H-,43,44,45,46)/p-1. The molecule has 2 aliphatic rings. The summed E-state index contributed by atoms with van der Waals surface area (Å²) in [5.74, 6) is -0.123. The first kappa shape index (κ1) is 40.3. The average molecular weight is 738 g/mol. The van der Waals surface area contributed by atoms with Crippen LogP contribution in [0.3, 0.4) is 0 Å². The Labute approximate surface area is 307 Å². The van der Waals surface area contributed by atoms with Gasteiger partial charge in [-0.25, -0.2) is 14.6 Å². The van der Waals surface area contributed by atoms with Crippen LogP contribution in [0.4, 0.5) is 11.4 Å². The number of fused-ring (bicyclic) bond motifs is 2. The van der Waals surface area contributed by atoms with E-state index >= 15 is 0 Å². The predicted molar refractivity (Wildman–Crippen MR) is 201 cm³/mol. The molecule has 2 heterocycles. The fourth-order valence-electron chi connectivity index (χ4n) is 6.81. The number of hydrogen-bond donors (Lipinski definition) is 0. The summed E-state index contributed by atoms with van der Waals surface area (Å²) < 4.78 is 51.6. The molecule has 0 radical (unpaired) electrons. The second-order valence-electron chi connectivity index (χ2n) is 13.6. The van der Waals surface area contributed by atoms with E-state index in [-0.39, 0.29) is 16.9 Å². The number of anilines is 1. The van der Waals surface area contributed by atoms with Crippen LogP contribution in [0.2, 0.25) is 0 Å². The van der Waals surface area contributed by atoms with Crippen LogP contribution in [-0.4, -0.2) is 72.6 Å². The molecule has 2 aliphatic heterocycles. The molecule has 276 valence electrons. The molecule has 0 aromatic heterocycles. The number of nitrogens with zero attached hydrogens (tertiary/aromatic N) is 2. The maximum absolute atomic E-state index is 12.3. The molecule has 0 bridgehead atoms. The lowest BCUT2D eigenvalue weighted by Gasteiger charge is -2.27. The van der Waals surface area contributed by atoms with Gasteiger partial charge in [-0.05, 0) is 68.5 Å². The quantitative estimate of drug-likeness (QED) is 0.0316. The molecule has 12 heteroatoms. The van der Waals surface area contributed by atoms with E-state index in [0.717, 1.165) is 40.3 Å². The normalized spacial score (nSPS) is 18.4. The van der Waals surface area contributed by atoms with Gasteiger partial charge in [0.2, 0.25) is 5.69 Å². The molecule has 0 saturated heterocycles. The minimum Gasteiger partial charge on any atom is -0.772 e. The van der Waals surface area contributed by atoms with Crippen molar-refractivity contribution in [3.8, 4) is 0 Å². The summed E-state index contributed by atoms with van der Waals surface area (Å²) in [4.78, 5) is 24.6. The van der Waals surface area contributed by atoms with Gasteiger partial charge in [0.1, 0.15) is 13.2 Å². The Bertz CT molecular complexity index is 1770. The van der Waals surface area contributed by atoms with Crippen LogP contribution in [0.5, 0.6) is 0 Å². The van der Waals surface area contributed by atoms with Gasteiger partial charge in [0.15, 0.2) is 5.71 Å². The average Bonchev–Trinajstić information content (AvgIpc) is 3.43. The number of hydrogen-bond acceptors (Lipinski definition) is 9. The second-order valence-corrected chi connectivity index (χ2v) is 15.6. The number of carbonyl (C=O) groups excluding carboxylic acids is 1. The van der Waals surface area contributed by atoms with Gasteiger partial charge in [0.25, 0.3) is 0 Å². The highest BCUT2D eigenvalue weighted by Gasteiger charge is 2.44. The molecule has 0 aliphatic carbocycles. The summed E-state index contributed by atoms with van der Waals surface area (Å²) in [6.07, 6.45) is 16.7. The first-order valence-electron chi connectivity index (χ1n) is 17.1. The van der Waals surface area contributed by atoms with Crippen LogP contribution in [-0.2, 0) is 54.1 Å². The smallest absolute Gasteiger partial charge is 0.337 e. The number of ether oxygens (including phenoxy) is 1. The van der Waals surface area contributed by atoms with Gasteiger partial charge in [-0.2, -0.15) is 4.58 Å². The highest BCUT2D eigenvalue weighted by atomic mass is 32.2. The van der Waals surface area contributed by atoms with E-state index in [1.807, 2.05) is 48.6 Å². The zero-order chi connectivity index (χ0) is 37.2. The lowest BCUT2D eigenvalue weighted by molar-refractivity contribution is -0.438. The van der Waals surface area contributed by atoms with Crippen LogP contribution in [0.1, 0.15) is 80.4 Å². The molecule has 2 aromatic carbocycles. The fraction of sp³-hybridized carbons (Fsp3) is 0.436. The molecule has 0 fully saturated rings. The minimum atomic E-state index is -2.07. The first-order valence-corrected chi connectivity index (χ1v) is 19.6. The van der Waals surface area contributed by atoms with Crippen molar-refractivity contribution >= 4 is 45.2 Å². The second kappa shape index (κ2) is 18.3. The third kappa shape index (κ3) is 9.88. The van der Waals surface area contributed by atoms with Crippen molar-refractivity contribution in [3.63, 3.8) is 0 Å². The molecule has 4 rings (SSSR count). The van der Waals surface area contributed by atoms with Crippen LogP contribution < -0.4 is 4.90 Å². The zero-order valence-electron chi connectivity index (χ0n) is 30.3. The van der Waals surface area contributed by atoms with E-state index in [1.54, 1.807) is 6.07 Å². The Hall–Kier alpha value is -3.52. The Kier molecular flexibility index (Phi) is 14.4. The van der Waals surface area contributed by atoms with Crippen molar-refractivity contribution in [2.24, 2.45) is 0 Å². The van der Waals surface area contributed by atoms with Crippen LogP contribution in [0, 0.1) is 0 Å². The number of methoxy groups -OCH3 is 1. The highest BCUT2D eigenvalue weighted by molar-refractivity contribution is 7.79. The van der Waals surface area contributed by atoms with Crippen molar-refractivity contribution in [3.05, 3.63) is 107 Å². The van der Waals surface area contributed by atoms with E-state index in [2.05, 4.69) is 61.5 Å². The SMILES string of the molecule is COOCc1ccc2c(c1)C(C)(C)C(=CC=CC=CC=CC1=[N+](CCCCS(=O)[O-])c3ccc(C(=O)OC)cc3C1(C)C)N2CCCCS(=O)[O-]. The van der Waals surface area contributed by atoms with Gasteiger partial charge >= 0.3 is 5.97 Å². The van der Waals surface area contributed by atoms with Gasteiger partial charge in [-0.15, -0.1) is 0 Å². The first-order chi connectivity index (χ1) is 24.3. The molecule has 51 heavy (non-hydrogen) atoms. The van der Waals surface area contributed by atoms with Gasteiger partial charge in [0.05, 0.1) is 25.2 Å².